The van der Waals surface area contributed by atoms with Crippen molar-refractivity contribution < 1.29 is 24.1 Å². The van der Waals surface area contributed by atoms with Gasteiger partial charge in [-0.2, -0.15) is 0 Å². The zero-order chi connectivity index (χ0) is 25.9. The fraction of sp³-hybridized carbons (Fsp3) is 0.500. The monoisotopic (exact) mass is 508 g/mol. The van der Waals surface area contributed by atoms with Gasteiger partial charge in [0.05, 0.1) is 18.8 Å². The topological polar surface area (TPSA) is 80.3 Å². The Hall–Kier alpha value is -2.71. The molecule has 7 heteroatoms. The summed E-state index contributed by atoms with van der Waals surface area (Å²) in [4.78, 5) is 14.3. The number of amides is 1. The van der Waals surface area contributed by atoms with Gasteiger partial charge in [0.15, 0.2) is 6.29 Å². The minimum atomic E-state index is -0.476. The zero-order valence-corrected chi connectivity index (χ0v) is 21.6. The maximum atomic E-state index is 11.7. The van der Waals surface area contributed by atoms with Crippen LogP contribution in [-0.2, 0) is 27.4 Å². The number of nitrogens with zero attached hydrogens (tertiary/aromatic N) is 1. The first-order valence-corrected chi connectivity index (χ1v) is 13.5. The van der Waals surface area contributed by atoms with Crippen LogP contribution in [0.1, 0.15) is 73.2 Å². The molecule has 0 aliphatic carbocycles. The van der Waals surface area contributed by atoms with Crippen molar-refractivity contribution >= 4 is 6.09 Å². The van der Waals surface area contributed by atoms with E-state index in [0.717, 1.165) is 48.3 Å². The fourth-order valence-electron chi connectivity index (χ4n) is 4.97. The van der Waals surface area contributed by atoms with E-state index in [-0.39, 0.29) is 25.4 Å². The summed E-state index contributed by atoms with van der Waals surface area (Å²) >= 11 is 0. The number of carbonyl (C=O) groups excluding carboxylic acids is 1. The predicted molar refractivity (Wildman–Crippen MR) is 143 cm³/mol. The van der Waals surface area contributed by atoms with Crippen LogP contribution in [0.3, 0.4) is 0 Å². The van der Waals surface area contributed by atoms with E-state index in [1.165, 1.54) is 38.2 Å². The average molecular weight is 509 g/mol. The molecule has 0 spiro atoms. The molecule has 3 atom stereocenters. The lowest BCUT2D eigenvalue weighted by molar-refractivity contribution is -0.253. The first-order valence-electron chi connectivity index (χ1n) is 13.5. The number of ether oxygens (including phenoxy) is 3. The number of alkyl carbamates (subject to hydrolysis) is 1. The number of hydrogen-bond donors (Lipinski definition) is 2. The second kappa shape index (κ2) is 14.3. The Morgan fingerprint density at radius 1 is 0.973 bits per heavy atom. The predicted octanol–water partition coefficient (Wildman–Crippen LogP) is 5.40. The molecule has 2 aromatic carbocycles. The highest BCUT2D eigenvalue weighted by Gasteiger charge is 2.33. The Labute approximate surface area is 220 Å². The standard InChI is InChI=1S/C30H40N2O5/c1-2-18-35-30(34)31-20-23-8-14-26(15-9-23)29-36-27(21-32-16-6-4-3-5-7-17-32)19-28(37-29)25-12-10-24(22-33)11-13-25/h2,8-15,27-29,33H,1,3-7,16-22H2,(H,31,34)/t27-,28+,29+/m0/s1. The quantitative estimate of drug-likeness (QED) is 0.442. The summed E-state index contributed by atoms with van der Waals surface area (Å²) in [6.07, 6.45) is 7.80. The SMILES string of the molecule is C=CCOC(=O)NCc1ccc([C@@H]2O[C@H](CN3CCCCCCC3)C[C@H](c3ccc(CO)cc3)O2)cc1. The summed E-state index contributed by atoms with van der Waals surface area (Å²) in [7, 11) is 0. The molecule has 0 bridgehead atoms. The van der Waals surface area contributed by atoms with Crippen LogP contribution >= 0.6 is 0 Å². The van der Waals surface area contributed by atoms with Crippen molar-refractivity contribution in [1.29, 1.82) is 0 Å². The molecule has 0 aromatic heterocycles. The van der Waals surface area contributed by atoms with Crippen LogP contribution in [0.5, 0.6) is 0 Å². The summed E-state index contributed by atoms with van der Waals surface area (Å²) in [5.41, 5.74) is 3.90. The Morgan fingerprint density at radius 3 is 2.30 bits per heavy atom. The van der Waals surface area contributed by atoms with E-state index < -0.39 is 12.4 Å². The molecule has 2 aliphatic rings. The molecule has 2 N–H and O–H groups in total. The van der Waals surface area contributed by atoms with Crippen molar-refractivity contribution in [2.75, 3.05) is 26.2 Å². The zero-order valence-electron chi connectivity index (χ0n) is 21.6. The Morgan fingerprint density at radius 2 is 1.62 bits per heavy atom. The van der Waals surface area contributed by atoms with Crippen molar-refractivity contribution in [3.8, 4) is 0 Å². The number of aliphatic hydroxyl groups excluding tert-OH is 1. The van der Waals surface area contributed by atoms with Crippen LogP contribution < -0.4 is 5.32 Å². The number of nitrogens with one attached hydrogen (secondary N) is 1. The van der Waals surface area contributed by atoms with Gasteiger partial charge in [-0.25, -0.2) is 4.79 Å². The van der Waals surface area contributed by atoms with Crippen molar-refractivity contribution in [3.63, 3.8) is 0 Å². The van der Waals surface area contributed by atoms with Gasteiger partial charge >= 0.3 is 6.09 Å². The van der Waals surface area contributed by atoms with Crippen LogP contribution in [0.25, 0.3) is 0 Å². The van der Waals surface area contributed by atoms with Crippen molar-refractivity contribution in [2.24, 2.45) is 0 Å². The van der Waals surface area contributed by atoms with Gasteiger partial charge in [-0.05, 0) is 42.6 Å². The summed E-state index contributed by atoms with van der Waals surface area (Å²) < 4.78 is 18.0. The highest BCUT2D eigenvalue weighted by atomic mass is 16.7. The smallest absolute Gasteiger partial charge is 0.407 e. The van der Waals surface area contributed by atoms with Crippen LogP contribution in [0, 0.1) is 0 Å². The highest BCUT2D eigenvalue weighted by molar-refractivity contribution is 5.67. The first-order chi connectivity index (χ1) is 18.1. The Balaban J connectivity index is 1.44. The molecule has 200 valence electrons. The number of benzene rings is 2. The molecule has 7 nitrogen and oxygen atoms in total. The number of hydrogen-bond acceptors (Lipinski definition) is 6. The summed E-state index contributed by atoms with van der Waals surface area (Å²) in [5, 5.41) is 12.2. The lowest BCUT2D eigenvalue weighted by atomic mass is 9.99. The third-order valence-electron chi connectivity index (χ3n) is 7.05. The van der Waals surface area contributed by atoms with E-state index >= 15 is 0 Å². The van der Waals surface area contributed by atoms with Gasteiger partial charge in [0, 0.05) is 25.1 Å². The average Bonchev–Trinajstić information content (AvgIpc) is 2.92. The molecule has 0 radical (unpaired) electrons. The van der Waals surface area contributed by atoms with Crippen molar-refractivity contribution in [2.45, 2.75) is 70.2 Å². The number of carbonyl (C=O) groups is 1. The molecule has 1 amide bonds. The Bertz CT molecular complexity index is 970. The highest BCUT2D eigenvalue weighted by Crippen LogP contribution is 2.38. The van der Waals surface area contributed by atoms with Gasteiger partial charge in [0.25, 0.3) is 0 Å². The fourth-order valence-corrected chi connectivity index (χ4v) is 4.97. The third kappa shape index (κ3) is 8.40. The lowest BCUT2D eigenvalue weighted by Crippen LogP contribution is -2.40. The molecule has 2 aromatic rings. The first kappa shape index (κ1) is 27.3. The van der Waals surface area contributed by atoms with E-state index in [1.54, 1.807) is 0 Å². The maximum Gasteiger partial charge on any atom is 0.407 e. The van der Waals surface area contributed by atoms with Gasteiger partial charge < -0.3 is 29.5 Å². The molecule has 2 saturated heterocycles. The number of rotatable bonds is 9. The van der Waals surface area contributed by atoms with E-state index in [4.69, 9.17) is 14.2 Å². The lowest BCUT2D eigenvalue weighted by Gasteiger charge is -2.38. The minimum absolute atomic E-state index is 0.0301. The molecule has 0 saturated carbocycles. The second-order valence-electron chi connectivity index (χ2n) is 9.90. The van der Waals surface area contributed by atoms with Gasteiger partial charge in [-0.15, -0.1) is 0 Å². The number of likely N-dealkylation sites (tertiary alicyclic amines) is 1. The van der Waals surface area contributed by atoms with Crippen LogP contribution in [0.2, 0.25) is 0 Å². The van der Waals surface area contributed by atoms with Gasteiger partial charge in [0.1, 0.15) is 6.61 Å². The van der Waals surface area contributed by atoms with Crippen LogP contribution in [0.4, 0.5) is 4.79 Å². The maximum absolute atomic E-state index is 11.7. The second-order valence-corrected chi connectivity index (χ2v) is 9.90. The van der Waals surface area contributed by atoms with E-state index in [2.05, 4.69) is 16.8 Å². The Kier molecular flexibility index (Phi) is 10.6. The molecule has 2 aliphatic heterocycles. The van der Waals surface area contributed by atoms with E-state index in [1.807, 2.05) is 48.5 Å². The van der Waals surface area contributed by atoms with Gasteiger partial charge in [-0.3, -0.25) is 0 Å². The molecule has 4 rings (SSSR count). The summed E-state index contributed by atoms with van der Waals surface area (Å²) in [5.74, 6) is 0. The number of aliphatic hydroxyl groups is 1. The summed E-state index contributed by atoms with van der Waals surface area (Å²) in [6, 6.07) is 16.0. The van der Waals surface area contributed by atoms with E-state index in [9.17, 15) is 9.90 Å². The van der Waals surface area contributed by atoms with Crippen molar-refractivity contribution in [1.82, 2.24) is 10.2 Å². The summed E-state index contributed by atoms with van der Waals surface area (Å²) in [6.45, 7) is 7.28. The largest absolute Gasteiger partial charge is 0.445 e. The molecule has 2 fully saturated rings. The van der Waals surface area contributed by atoms with Crippen molar-refractivity contribution in [3.05, 3.63) is 83.4 Å². The van der Waals surface area contributed by atoms with Gasteiger partial charge in [-0.1, -0.05) is 80.4 Å². The molecular weight excluding hydrogens is 468 g/mol. The third-order valence-corrected chi connectivity index (χ3v) is 7.05. The molecule has 2 heterocycles. The van der Waals surface area contributed by atoms with Crippen LogP contribution in [0.15, 0.2) is 61.2 Å². The molecule has 0 unspecified atom stereocenters. The van der Waals surface area contributed by atoms with Crippen LogP contribution in [-0.4, -0.2) is 48.4 Å². The molecular formula is C30H40N2O5. The van der Waals surface area contributed by atoms with Gasteiger partial charge in [0.2, 0.25) is 0 Å². The normalized spacial score (nSPS) is 23.0. The van der Waals surface area contributed by atoms with E-state index in [0.29, 0.717) is 6.54 Å². The molecule has 37 heavy (non-hydrogen) atoms. The minimum Gasteiger partial charge on any atom is -0.445 e.